The Kier molecular flexibility index (Phi) is 5.34. The van der Waals surface area contributed by atoms with Gasteiger partial charge in [-0.05, 0) is 24.3 Å². The minimum absolute atomic E-state index is 0.612. The maximum absolute atomic E-state index is 4.88. The van der Waals surface area contributed by atoms with Crippen molar-refractivity contribution in [1.82, 2.24) is 24.5 Å². The summed E-state index contributed by atoms with van der Waals surface area (Å²) in [6, 6.07) is 10.8. The number of aromatic nitrogens is 5. The van der Waals surface area contributed by atoms with Crippen LogP contribution in [0.1, 0.15) is 24.3 Å². The van der Waals surface area contributed by atoms with Gasteiger partial charge in [-0.3, -0.25) is 4.57 Å². The Morgan fingerprint density at radius 3 is 2.10 bits per heavy atom. The van der Waals surface area contributed by atoms with Crippen LogP contribution >= 0.6 is 11.8 Å². The van der Waals surface area contributed by atoms with E-state index < -0.39 is 0 Å². The fourth-order valence-corrected chi connectivity index (χ4v) is 4.92. The molecule has 7 nitrogen and oxygen atoms in total. The molecule has 8 heteroatoms. The van der Waals surface area contributed by atoms with Crippen molar-refractivity contribution in [2.24, 2.45) is 0 Å². The fraction of sp³-hybridized carbons (Fsp3) is 0.429. The molecule has 0 spiro atoms. The Hall–Kier alpha value is -2.61. The highest BCUT2D eigenvalue weighted by Gasteiger charge is 2.24. The number of imidazole rings is 1. The summed E-state index contributed by atoms with van der Waals surface area (Å²) in [4.78, 5) is 23.2. The Labute approximate surface area is 175 Å². The van der Waals surface area contributed by atoms with Crippen LogP contribution in [0.3, 0.4) is 0 Å². The predicted molar refractivity (Wildman–Crippen MR) is 117 cm³/mol. The first kappa shape index (κ1) is 18.4. The molecule has 0 radical (unpaired) electrons. The van der Waals surface area contributed by atoms with Crippen molar-refractivity contribution in [3.63, 3.8) is 0 Å². The van der Waals surface area contributed by atoms with Crippen LogP contribution in [0.2, 0.25) is 0 Å². The molecule has 0 amide bonds. The quantitative estimate of drug-likeness (QED) is 0.659. The molecule has 0 saturated carbocycles. The number of anilines is 2. The van der Waals surface area contributed by atoms with Gasteiger partial charge in [0, 0.05) is 50.1 Å². The number of nitrogens with zero attached hydrogens (tertiary/aromatic N) is 7. The van der Waals surface area contributed by atoms with E-state index in [-0.39, 0.29) is 0 Å². The average molecular weight is 408 g/mol. The van der Waals surface area contributed by atoms with Crippen LogP contribution in [-0.2, 0) is 0 Å². The molecule has 4 heterocycles. The van der Waals surface area contributed by atoms with Gasteiger partial charge in [0.25, 0.3) is 0 Å². The summed E-state index contributed by atoms with van der Waals surface area (Å²) >= 11 is 1.99. The van der Waals surface area contributed by atoms with E-state index in [9.17, 15) is 0 Å². The minimum Gasteiger partial charge on any atom is -0.341 e. The Morgan fingerprint density at radius 2 is 1.45 bits per heavy atom. The van der Waals surface area contributed by atoms with Crippen LogP contribution < -0.4 is 9.80 Å². The molecule has 150 valence electrons. The maximum atomic E-state index is 4.88. The Morgan fingerprint density at radius 1 is 0.793 bits per heavy atom. The van der Waals surface area contributed by atoms with Crippen LogP contribution in [0.5, 0.6) is 0 Å². The van der Waals surface area contributed by atoms with E-state index >= 15 is 0 Å². The second-order valence-electron chi connectivity index (χ2n) is 7.48. The summed E-state index contributed by atoms with van der Waals surface area (Å²) in [5, 5.41) is 0. The van der Waals surface area contributed by atoms with Gasteiger partial charge < -0.3 is 9.80 Å². The number of thioether (sulfide) groups is 1. The van der Waals surface area contributed by atoms with Crippen molar-refractivity contribution in [2.45, 2.75) is 18.8 Å². The van der Waals surface area contributed by atoms with E-state index in [2.05, 4.69) is 45.1 Å². The van der Waals surface area contributed by atoms with Gasteiger partial charge in [0.2, 0.25) is 17.8 Å². The molecule has 2 aliphatic rings. The van der Waals surface area contributed by atoms with Crippen LogP contribution in [0.15, 0.2) is 49.1 Å². The molecule has 2 aliphatic heterocycles. The van der Waals surface area contributed by atoms with E-state index in [1.54, 1.807) is 12.5 Å². The first-order valence-electron chi connectivity index (χ1n) is 10.2. The highest BCUT2D eigenvalue weighted by molar-refractivity contribution is 7.99. The molecular weight excluding hydrogens is 382 g/mol. The van der Waals surface area contributed by atoms with Crippen LogP contribution in [-0.4, -0.2) is 62.2 Å². The fourth-order valence-electron chi connectivity index (χ4n) is 4.02. The third-order valence-electron chi connectivity index (χ3n) is 5.68. The topological polar surface area (TPSA) is 63.0 Å². The first-order chi connectivity index (χ1) is 14.4. The molecule has 3 aromatic rings. The van der Waals surface area contributed by atoms with E-state index in [1.807, 2.05) is 22.5 Å². The molecular formula is C21H25N7S. The Balaban J connectivity index is 1.39. The molecule has 0 aliphatic carbocycles. The first-order valence-corrected chi connectivity index (χ1v) is 11.4. The highest BCUT2D eigenvalue weighted by Crippen LogP contribution is 2.30. The van der Waals surface area contributed by atoms with Crippen LogP contribution in [0.4, 0.5) is 11.9 Å². The lowest BCUT2D eigenvalue weighted by molar-refractivity contribution is 0.498. The number of piperidine rings is 1. The smallest absolute Gasteiger partial charge is 0.241 e. The number of hydrogen-bond acceptors (Lipinski definition) is 7. The SMILES string of the molecule is c1ccc(C2CCN(c3nc(N4CCSCC4)nc(-n4ccnc4)n3)CC2)cc1. The van der Waals surface area contributed by atoms with Gasteiger partial charge >= 0.3 is 0 Å². The predicted octanol–water partition coefficient (Wildman–Crippen LogP) is 2.99. The van der Waals surface area contributed by atoms with Crippen molar-refractivity contribution in [1.29, 1.82) is 0 Å². The third-order valence-corrected chi connectivity index (χ3v) is 6.62. The van der Waals surface area contributed by atoms with Crippen molar-refractivity contribution in [3.05, 3.63) is 54.6 Å². The zero-order valence-electron chi connectivity index (χ0n) is 16.4. The summed E-state index contributed by atoms with van der Waals surface area (Å²) in [5.74, 6) is 5.05. The van der Waals surface area contributed by atoms with Crippen molar-refractivity contribution in [2.75, 3.05) is 47.5 Å². The molecule has 2 aromatic heterocycles. The third kappa shape index (κ3) is 4.07. The van der Waals surface area contributed by atoms with Crippen LogP contribution in [0.25, 0.3) is 5.95 Å². The molecule has 0 unspecified atom stereocenters. The normalized spacial score (nSPS) is 18.2. The van der Waals surface area contributed by atoms with E-state index in [4.69, 9.17) is 15.0 Å². The molecule has 0 bridgehead atoms. The monoisotopic (exact) mass is 407 g/mol. The number of hydrogen-bond donors (Lipinski definition) is 0. The number of benzene rings is 1. The summed E-state index contributed by atoms with van der Waals surface area (Å²) < 4.78 is 1.87. The van der Waals surface area contributed by atoms with Crippen molar-refractivity contribution in [3.8, 4) is 5.95 Å². The van der Waals surface area contributed by atoms with Gasteiger partial charge in [0.1, 0.15) is 6.33 Å². The molecule has 0 atom stereocenters. The molecule has 2 saturated heterocycles. The van der Waals surface area contributed by atoms with Gasteiger partial charge in [-0.15, -0.1) is 0 Å². The highest BCUT2D eigenvalue weighted by atomic mass is 32.2. The lowest BCUT2D eigenvalue weighted by Crippen LogP contribution is -2.37. The molecule has 29 heavy (non-hydrogen) atoms. The summed E-state index contributed by atoms with van der Waals surface area (Å²) in [6.45, 7) is 3.88. The van der Waals surface area contributed by atoms with Gasteiger partial charge in [-0.2, -0.15) is 26.7 Å². The van der Waals surface area contributed by atoms with Gasteiger partial charge in [0.05, 0.1) is 0 Å². The zero-order chi connectivity index (χ0) is 19.5. The van der Waals surface area contributed by atoms with E-state index in [0.717, 1.165) is 62.4 Å². The van der Waals surface area contributed by atoms with E-state index in [1.165, 1.54) is 5.56 Å². The van der Waals surface area contributed by atoms with Crippen molar-refractivity contribution < 1.29 is 0 Å². The average Bonchev–Trinajstić information content (AvgIpc) is 3.35. The molecule has 5 rings (SSSR count). The largest absolute Gasteiger partial charge is 0.341 e. The number of rotatable bonds is 4. The second kappa shape index (κ2) is 8.41. The maximum Gasteiger partial charge on any atom is 0.241 e. The van der Waals surface area contributed by atoms with Gasteiger partial charge in [-0.1, -0.05) is 30.3 Å². The summed E-state index contributed by atoms with van der Waals surface area (Å²) in [6.07, 6.45) is 7.62. The van der Waals surface area contributed by atoms with Crippen LogP contribution in [0, 0.1) is 0 Å². The molecule has 0 N–H and O–H groups in total. The zero-order valence-corrected chi connectivity index (χ0v) is 17.2. The van der Waals surface area contributed by atoms with E-state index in [0.29, 0.717) is 11.9 Å². The molecule has 2 fully saturated rings. The molecule has 1 aromatic carbocycles. The minimum atomic E-state index is 0.612. The van der Waals surface area contributed by atoms with Gasteiger partial charge in [0.15, 0.2) is 0 Å². The van der Waals surface area contributed by atoms with Crippen molar-refractivity contribution >= 4 is 23.7 Å². The lowest BCUT2D eigenvalue weighted by Gasteiger charge is -2.33. The summed E-state index contributed by atoms with van der Waals surface area (Å²) in [7, 11) is 0. The standard InChI is InChI=1S/C21H25N7S/c1-2-4-17(5-3-1)18-6-9-26(10-7-18)19-23-20(27-12-14-29-15-13-27)25-21(24-19)28-11-8-22-16-28/h1-5,8,11,16,18H,6-7,9-10,12-15H2. The summed E-state index contributed by atoms with van der Waals surface area (Å²) in [5.41, 5.74) is 1.44. The van der Waals surface area contributed by atoms with Gasteiger partial charge in [-0.25, -0.2) is 4.98 Å². The Bertz CT molecular complexity index is 917. The lowest BCUT2D eigenvalue weighted by atomic mass is 9.90. The second-order valence-corrected chi connectivity index (χ2v) is 8.70.